The van der Waals surface area contributed by atoms with Crippen molar-refractivity contribution in [3.05, 3.63) is 29.3 Å². The van der Waals surface area contributed by atoms with Gasteiger partial charge in [-0.1, -0.05) is 33.8 Å². The summed E-state index contributed by atoms with van der Waals surface area (Å²) in [6.45, 7) is 17.8. The summed E-state index contributed by atoms with van der Waals surface area (Å²) in [4.78, 5) is 2.50. The molecule has 0 aromatic heterocycles. The molecule has 0 aliphatic rings. The Bertz CT molecular complexity index is 408. The van der Waals surface area contributed by atoms with Crippen LogP contribution in [0.5, 0.6) is 0 Å². The van der Waals surface area contributed by atoms with Crippen LogP contribution in [-0.4, -0.2) is 18.6 Å². The first-order valence-corrected chi connectivity index (χ1v) is 7.90. The molecule has 1 rings (SSSR count). The van der Waals surface area contributed by atoms with E-state index in [4.69, 9.17) is 0 Å². The van der Waals surface area contributed by atoms with E-state index in [2.05, 4.69) is 76.9 Å². The largest absolute Gasteiger partial charge is 0.369 e. The van der Waals surface area contributed by atoms with Crippen molar-refractivity contribution in [1.29, 1.82) is 0 Å². The number of hydrogen-bond donors (Lipinski definition) is 1. The van der Waals surface area contributed by atoms with E-state index in [1.165, 1.54) is 16.8 Å². The summed E-state index contributed by atoms with van der Waals surface area (Å²) in [6.07, 6.45) is 0. The van der Waals surface area contributed by atoms with Crippen molar-refractivity contribution in [1.82, 2.24) is 5.32 Å². The van der Waals surface area contributed by atoms with Crippen LogP contribution in [-0.2, 0) is 6.54 Å². The molecular weight excluding hydrogens is 244 g/mol. The van der Waals surface area contributed by atoms with Crippen LogP contribution in [0.4, 0.5) is 5.69 Å². The average molecular weight is 276 g/mol. The molecule has 0 heterocycles. The SMILES string of the molecule is Cc1cc(N(CC(C)C)C(C)C)ccc1CNC(C)C. The lowest BCUT2D eigenvalue weighted by Gasteiger charge is -2.31. The Labute approximate surface area is 125 Å². The summed E-state index contributed by atoms with van der Waals surface area (Å²) in [5, 5.41) is 3.49. The van der Waals surface area contributed by atoms with Gasteiger partial charge in [-0.05, 0) is 49.9 Å². The van der Waals surface area contributed by atoms with Crippen molar-refractivity contribution < 1.29 is 0 Å². The van der Waals surface area contributed by atoms with E-state index in [9.17, 15) is 0 Å². The zero-order valence-corrected chi connectivity index (χ0v) is 14.3. The molecule has 0 atom stereocenters. The Balaban J connectivity index is 2.88. The second-order valence-electron chi connectivity index (χ2n) is 6.79. The predicted molar refractivity (Wildman–Crippen MR) is 90.5 cm³/mol. The molecule has 0 amide bonds. The van der Waals surface area contributed by atoms with Gasteiger partial charge in [-0.2, -0.15) is 0 Å². The van der Waals surface area contributed by atoms with Gasteiger partial charge in [0.1, 0.15) is 0 Å². The lowest BCUT2D eigenvalue weighted by atomic mass is 10.1. The van der Waals surface area contributed by atoms with Crippen LogP contribution >= 0.6 is 0 Å². The van der Waals surface area contributed by atoms with Crippen LogP contribution in [0.3, 0.4) is 0 Å². The molecule has 0 spiro atoms. The van der Waals surface area contributed by atoms with Gasteiger partial charge >= 0.3 is 0 Å². The monoisotopic (exact) mass is 276 g/mol. The fraction of sp³-hybridized carbons (Fsp3) is 0.667. The van der Waals surface area contributed by atoms with Crippen LogP contribution in [0.1, 0.15) is 52.7 Å². The normalized spacial score (nSPS) is 11.7. The number of aryl methyl sites for hydroxylation is 1. The molecule has 0 aliphatic carbocycles. The molecule has 0 unspecified atom stereocenters. The van der Waals surface area contributed by atoms with Crippen molar-refractivity contribution >= 4 is 5.69 Å². The highest BCUT2D eigenvalue weighted by Crippen LogP contribution is 2.22. The maximum atomic E-state index is 3.49. The number of nitrogens with zero attached hydrogens (tertiary/aromatic N) is 1. The Kier molecular flexibility index (Phi) is 6.54. The molecule has 0 aliphatic heterocycles. The molecule has 0 saturated carbocycles. The molecule has 1 aromatic carbocycles. The molecule has 2 heteroatoms. The van der Waals surface area contributed by atoms with Crippen LogP contribution in [0.25, 0.3) is 0 Å². The molecular formula is C18H32N2. The minimum atomic E-state index is 0.530. The van der Waals surface area contributed by atoms with E-state index < -0.39 is 0 Å². The third-order valence-corrected chi connectivity index (χ3v) is 3.54. The van der Waals surface area contributed by atoms with E-state index in [0.29, 0.717) is 18.0 Å². The number of rotatable bonds is 7. The second-order valence-corrected chi connectivity index (χ2v) is 6.79. The van der Waals surface area contributed by atoms with Crippen molar-refractivity contribution in [3.63, 3.8) is 0 Å². The van der Waals surface area contributed by atoms with E-state index in [1.807, 2.05) is 0 Å². The number of anilines is 1. The zero-order valence-electron chi connectivity index (χ0n) is 14.3. The van der Waals surface area contributed by atoms with Gasteiger partial charge < -0.3 is 10.2 Å². The lowest BCUT2D eigenvalue weighted by Crippen LogP contribution is -2.34. The van der Waals surface area contributed by atoms with Crippen LogP contribution in [0.2, 0.25) is 0 Å². The molecule has 20 heavy (non-hydrogen) atoms. The molecule has 0 saturated heterocycles. The van der Waals surface area contributed by atoms with Crippen LogP contribution in [0, 0.1) is 12.8 Å². The van der Waals surface area contributed by atoms with E-state index in [-0.39, 0.29) is 0 Å². The molecule has 0 fully saturated rings. The Morgan fingerprint density at radius 1 is 1.05 bits per heavy atom. The highest BCUT2D eigenvalue weighted by Gasteiger charge is 2.13. The van der Waals surface area contributed by atoms with Gasteiger partial charge in [0.05, 0.1) is 0 Å². The van der Waals surface area contributed by atoms with Crippen molar-refractivity contribution in [3.8, 4) is 0 Å². The number of hydrogen-bond acceptors (Lipinski definition) is 2. The summed E-state index contributed by atoms with van der Waals surface area (Å²) in [6, 6.07) is 7.95. The van der Waals surface area contributed by atoms with Gasteiger partial charge in [-0.25, -0.2) is 0 Å². The third kappa shape index (κ3) is 5.16. The maximum Gasteiger partial charge on any atom is 0.0371 e. The van der Waals surface area contributed by atoms with Crippen LogP contribution < -0.4 is 10.2 Å². The highest BCUT2D eigenvalue weighted by molar-refractivity contribution is 5.51. The Morgan fingerprint density at radius 3 is 2.15 bits per heavy atom. The predicted octanol–water partition coefficient (Wildman–Crippen LogP) is 4.36. The first kappa shape index (κ1) is 17.0. The highest BCUT2D eigenvalue weighted by atomic mass is 15.2. The number of nitrogens with one attached hydrogen (secondary N) is 1. The summed E-state index contributed by atoms with van der Waals surface area (Å²) in [5.41, 5.74) is 4.13. The first-order valence-electron chi connectivity index (χ1n) is 7.90. The van der Waals surface area contributed by atoms with E-state index in [0.717, 1.165) is 13.1 Å². The summed E-state index contributed by atoms with van der Waals surface area (Å²) in [5.74, 6) is 0.681. The zero-order chi connectivity index (χ0) is 15.3. The second kappa shape index (κ2) is 7.68. The van der Waals surface area contributed by atoms with Gasteiger partial charge in [0.15, 0.2) is 0 Å². The van der Waals surface area contributed by atoms with E-state index >= 15 is 0 Å². The molecule has 0 bridgehead atoms. The fourth-order valence-corrected chi connectivity index (χ4v) is 2.38. The molecule has 1 aromatic rings. The Morgan fingerprint density at radius 2 is 1.70 bits per heavy atom. The molecule has 0 radical (unpaired) electrons. The van der Waals surface area contributed by atoms with Gasteiger partial charge in [0.25, 0.3) is 0 Å². The van der Waals surface area contributed by atoms with Crippen molar-refractivity contribution in [2.75, 3.05) is 11.4 Å². The minimum Gasteiger partial charge on any atom is -0.369 e. The third-order valence-electron chi connectivity index (χ3n) is 3.54. The number of benzene rings is 1. The fourth-order valence-electron chi connectivity index (χ4n) is 2.38. The summed E-state index contributed by atoms with van der Waals surface area (Å²) in [7, 11) is 0. The molecule has 2 nitrogen and oxygen atoms in total. The lowest BCUT2D eigenvalue weighted by molar-refractivity contribution is 0.570. The topological polar surface area (TPSA) is 15.3 Å². The van der Waals surface area contributed by atoms with Crippen molar-refractivity contribution in [2.45, 2.75) is 67.1 Å². The van der Waals surface area contributed by atoms with Gasteiger partial charge in [0, 0.05) is 30.9 Å². The molecule has 1 N–H and O–H groups in total. The van der Waals surface area contributed by atoms with Crippen LogP contribution in [0.15, 0.2) is 18.2 Å². The standard InChI is InChI=1S/C18H32N2/c1-13(2)12-20(15(5)6)18-9-8-17(16(7)10-18)11-19-14(3)4/h8-10,13-15,19H,11-12H2,1-7H3. The minimum absolute atomic E-state index is 0.530. The van der Waals surface area contributed by atoms with E-state index in [1.54, 1.807) is 0 Å². The first-order chi connectivity index (χ1) is 9.31. The van der Waals surface area contributed by atoms with Gasteiger partial charge in [-0.3, -0.25) is 0 Å². The maximum absolute atomic E-state index is 3.49. The smallest absolute Gasteiger partial charge is 0.0371 e. The summed E-state index contributed by atoms with van der Waals surface area (Å²) < 4.78 is 0. The molecule has 114 valence electrons. The van der Waals surface area contributed by atoms with Gasteiger partial charge in [-0.15, -0.1) is 0 Å². The van der Waals surface area contributed by atoms with Crippen molar-refractivity contribution in [2.24, 2.45) is 5.92 Å². The quantitative estimate of drug-likeness (QED) is 0.796. The summed E-state index contributed by atoms with van der Waals surface area (Å²) >= 11 is 0. The van der Waals surface area contributed by atoms with Gasteiger partial charge in [0.2, 0.25) is 0 Å². The average Bonchev–Trinajstić information content (AvgIpc) is 2.33. The Hall–Kier alpha value is -1.02.